The molecule has 0 saturated carbocycles. The number of rotatable bonds is 5. The lowest BCUT2D eigenvalue weighted by molar-refractivity contribution is 0.136. The Morgan fingerprint density at radius 3 is 2.83 bits per heavy atom. The largest absolute Gasteiger partial charge is 0.381 e. The summed E-state index contributed by atoms with van der Waals surface area (Å²) in [7, 11) is 0. The molecule has 12 heavy (non-hydrogen) atoms. The van der Waals surface area contributed by atoms with Crippen molar-refractivity contribution >= 4 is 0 Å². The van der Waals surface area contributed by atoms with Gasteiger partial charge in [-0.15, -0.1) is 0 Å². The van der Waals surface area contributed by atoms with Crippen LogP contribution < -0.4 is 0 Å². The van der Waals surface area contributed by atoms with Crippen molar-refractivity contribution in [2.75, 3.05) is 13.2 Å². The maximum absolute atomic E-state index is 5.30. The van der Waals surface area contributed by atoms with E-state index in [0.29, 0.717) is 6.61 Å². The minimum Gasteiger partial charge on any atom is -0.381 e. The number of aromatic amines is 1. The molecular weight excluding hydrogens is 154 g/mol. The van der Waals surface area contributed by atoms with Crippen LogP contribution in [0.15, 0.2) is 0 Å². The molecule has 4 nitrogen and oxygen atoms in total. The third kappa shape index (κ3) is 3.00. The second-order valence-corrected chi connectivity index (χ2v) is 2.70. The Balaban J connectivity index is 2.15. The molecular formula is C8H15N3O. The Labute approximate surface area is 72.4 Å². The van der Waals surface area contributed by atoms with E-state index in [4.69, 9.17) is 4.74 Å². The van der Waals surface area contributed by atoms with E-state index in [-0.39, 0.29) is 0 Å². The molecule has 0 fully saturated rings. The average molecular weight is 169 g/mol. The van der Waals surface area contributed by atoms with Crippen LogP contribution >= 0.6 is 0 Å². The van der Waals surface area contributed by atoms with Crippen LogP contribution in [0.3, 0.4) is 0 Å². The zero-order valence-electron chi connectivity index (χ0n) is 7.63. The van der Waals surface area contributed by atoms with E-state index in [1.165, 1.54) is 0 Å². The minimum absolute atomic E-state index is 0.713. The van der Waals surface area contributed by atoms with Crippen molar-refractivity contribution in [2.45, 2.75) is 26.7 Å². The summed E-state index contributed by atoms with van der Waals surface area (Å²) in [4.78, 5) is 4.16. The molecule has 1 aromatic heterocycles. The van der Waals surface area contributed by atoms with Crippen molar-refractivity contribution in [3.8, 4) is 0 Å². The van der Waals surface area contributed by atoms with Gasteiger partial charge in [-0.05, 0) is 13.3 Å². The molecule has 0 aliphatic rings. The summed E-state index contributed by atoms with van der Waals surface area (Å²) < 4.78 is 5.30. The van der Waals surface area contributed by atoms with E-state index < -0.39 is 0 Å². The van der Waals surface area contributed by atoms with Gasteiger partial charge in [-0.2, -0.15) is 5.10 Å². The Morgan fingerprint density at radius 2 is 2.25 bits per heavy atom. The van der Waals surface area contributed by atoms with Crippen molar-refractivity contribution in [2.24, 2.45) is 0 Å². The first kappa shape index (κ1) is 9.19. The highest BCUT2D eigenvalue weighted by molar-refractivity contribution is 4.87. The molecule has 68 valence electrons. The Hall–Kier alpha value is -0.900. The van der Waals surface area contributed by atoms with Crippen LogP contribution in [-0.4, -0.2) is 28.4 Å². The summed E-state index contributed by atoms with van der Waals surface area (Å²) in [5.41, 5.74) is 0. The number of H-pyrrole nitrogens is 1. The van der Waals surface area contributed by atoms with Gasteiger partial charge in [0.1, 0.15) is 5.82 Å². The van der Waals surface area contributed by atoms with E-state index in [1.54, 1.807) is 0 Å². The summed E-state index contributed by atoms with van der Waals surface area (Å²) in [6.45, 7) is 5.52. The standard InChI is InChI=1S/C8H15N3O/c1-3-5-12-6-4-8-9-7(2)10-11-8/h3-6H2,1-2H3,(H,9,10,11). The molecule has 0 saturated heterocycles. The molecule has 1 N–H and O–H groups in total. The molecule has 0 spiro atoms. The molecule has 0 unspecified atom stereocenters. The van der Waals surface area contributed by atoms with Crippen LogP contribution in [0.1, 0.15) is 25.0 Å². The Morgan fingerprint density at radius 1 is 1.42 bits per heavy atom. The molecule has 0 radical (unpaired) electrons. The van der Waals surface area contributed by atoms with Crippen molar-refractivity contribution < 1.29 is 4.74 Å². The fraction of sp³-hybridized carbons (Fsp3) is 0.750. The van der Waals surface area contributed by atoms with Crippen molar-refractivity contribution in [3.63, 3.8) is 0 Å². The summed E-state index contributed by atoms with van der Waals surface area (Å²) in [5.74, 6) is 1.70. The van der Waals surface area contributed by atoms with Crippen LogP contribution in [0, 0.1) is 6.92 Å². The van der Waals surface area contributed by atoms with Gasteiger partial charge in [0.05, 0.1) is 6.61 Å². The van der Waals surface area contributed by atoms with Gasteiger partial charge in [-0.25, -0.2) is 4.98 Å². The number of hydrogen-bond donors (Lipinski definition) is 1. The highest BCUT2D eigenvalue weighted by Gasteiger charge is 1.98. The number of hydrogen-bond acceptors (Lipinski definition) is 3. The van der Waals surface area contributed by atoms with Crippen molar-refractivity contribution in [1.82, 2.24) is 15.2 Å². The highest BCUT2D eigenvalue weighted by Crippen LogP contribution is 1.92. The van der Waals surface area contributed by atoms with E-state index in [1.807, 2.05) is 6.92 Å². The van der Waals surface area contributed by atoms with Crippen LogP contribution in [0.5, 0.6) is 0 Å². The lowest BCUT2D eigenvalue weighted by atomic mass is 10.4. The third-order valence-corrected chi connectivity index (χ3v) is 1.46. The number of nitrogens with zero attached hydrogens (tertiary/aromatic N) is 2. The molecule has 1 rings (SSSR count). The van der Waals surface area contributed by atoms with Gasteiger partial charge in [0, 0.05) is 13.0 Å². The fourth-order valence-corrected chi connectivity index (χ4v) is 0.911. The third-order valence-electron chi connectivity index (χ3n) is 1.46. The quantitative estimate of drug-likeness (QED) is 0.671. The smallest absolute Gasteiger partial charge is 0.152 e. The normalized spacial score (nSPS) is 10.5. The molecule has 0 aliphatic heterocycles. The number of aryl methyl sites for hydroxylation is 1. The van der Waals surface area contributed by atoms with E-state index >= 15 is 0 Å². The minimum atomic E-state index is 0.713. The fourth-order valence-electron chi connectivity index (χ4n) is 0.911. The van der Waals surface area contributed by atoms with Crippen molar-refractivity contribution in [3.05, 3.63) is 11.6 Å². The summed E-state index contributed by atoms with van der Waals surface area (Å²) >= 11 is 0. The monoisotopic (exact) mass is 169 g/mol. The SMILES string of the molecule is CCCOCCc1n[nH]c(C)n1. The predicted molar refractivity (Wildman–Crippen MR) is 45.9 cm³/mol. The summed E-state index contributed by atoms with van der Waals surface area (Å²) in [6, 6.07) is 0. The Kier molecular flexibility index (Phi) is 3.73. The van der Waals surface area contributed by atoms with Gasteiger partial charge in [-0.3, -0.25) is 5.10 Å². The van der Waals surface area contributed by atoms with Crippen LogP contribution in [-0.2, 0) is 11.2 Å². The summed E-state index contributed by atoms with van der Waals surface area (Å²) in [6.07, 6.45) is 1.86. The second-order valence-electron chi connectivity index (χ2n) is 2.70. The molecule has 4 heteroatoms. The zero-order chi connectivity index (χ0) is 8.81. The molecule has 1 heterocycles. The predicted octanol–water partition coefficient (Wildman–Crippen LogP) is 1.08. The van der Waals surface area contributed by atoms with E-state index in [2.05, 4.69) is 22.1 Å². The molecule has 0 atom stereocenters. The maximum Gasteiger partial charge on any atom is 0.152 e. The molecule has 1 aromatic rings. The lowest BCUT2D eigenvalue weighted by Gasteiger charge is -1.97. The van der Waals surface area contributed by atoms with Gasteiger partial charge < -0.3 is 4.74 Å². The first-order chi connectivity index (χ1) is 5.83. The average Bonchev–Trinajstić information content (AvgIpc) is 2.45. The van der Waals surface area contributed by atoms with Gasteiger partial charge in [0.25, 0.3) is 0 Å². The maximum atomic E-state index is 5.30. The zero-order valence-corrected chi connectivity index (χ0v) is 7.63. The van der Waals surface area contributed by atoms with Gasteiger partial charge in [0.15, 0.2) is 5.82 Å². The van der Waals surface area contributed by atoms with Gasteiger partial charge in [-0.1, -0.05) is 6.92 Å². The van der Waals surface area contributed by atoms with E-state index in [9.17, 15) is 0 Å². The molecule has 0 amide bonds. The van der Waals surface area contributed by atoms with Crippen LogP contribution in [0.4, 0.5) is 0 Å². The topological polar surface area (TPSA) is 50.8 Å². The lowest BCUT2D eigenvalue weighted by Crippen LogP contribution is -2.00. The van der Waals surface area contributed by atoms with Crippen molar-refractivity contribution in [1.29, 1.82) is 0 Å². The number of aromatic nitrogens is 3. The Bertz CT molecular complexity index is 222. The second kappa shape index (κ2) is 4.87. The van der Waals surface area contributed by atoms with Gasteiger partial charge in [0.2, 0.25) is 0 Å². The van der Waals surface area contributed by atoms with Crippen LogP contribution in [0.2, 0.25) is 0 Å². The van der Waals surface area contributed by atoms with E-state index in [0.717, 1.165) is 31.1 Å². The molecule has 0 aromatic carbocycles. The van der Waals surface area contributed by atoms with Gasteiger partial charge >= 0.3 is 0 Å². The number of ether oxygens (including phenoxy) is 1. The molecule has 0 aliphatic carbocycles. The highest BCUT2D eigenvalue weighted by atomic mass is 16.5. The first-order valence-electron chi connectivity index (χ1n) is 4.28. The number of nitrogens with one attached hydrogen (secondary N) is 1. The molecule has 0 bridgehead atoms. The van der Waals surface area contributed by atoms with Crippen LogP contribution in [0.25, 0.3) is 0 Å². The summed E-state index contributed by atoms with van der Waals surface area (Å²) in [5, 5.41) is 6.79. The first-order valence-corrected chi connectivity index (χ1v) is 4.28.